The molecular formula is C36H43ClN8O3. The van der Waals surface area contributed by atoms with Crippen molar-refractivity contribution in [1.29, 1.82) is 5.26 Å². The van der Waals surface area contributed by atoms with Gasteiger partial charge in [-0.05, 0) is 85.5 Å². The molecule has 3 amide bonds. The molecule has 11 nitrogen and oxygen atoms in total. The molecule has 1 saturated heterocycles. The molecule has 1 aliphatic heterocycles. The highest BCUT2D eigenvalue weighted by atomic mass is 35.5. The van der Waals surface area contributed by atoms with Crippen molar-refractivity contribution in [2.24, 2.45) is 12.8 Å². The zero-order valence-corrected chi connectivity index (χ0v) is 28.2. The summed E-state index contributed by atoms with van der Waals surface area (Å²) in [6, 6.07) is 14.4. The Kier molecular flexibility index (Phi) is 13.8. The summed E-state index contributed by atoms with van der Waals surface area (Å²) in [5.74, 6) is -0.182. The van der Waals surface area contributed by atoms with E-state index in [9.17, 15) is 9.59 Å². The number of nitriles is 1. The number of aryl methyl sites for hydroxylation is 2. The lowest BCUT2D eigenvalue weighted by atomic mass is 9.92. The van der Waals surface area contributed by atoms with E-state index < -0.39 is 6.04 Å². The number of nitrogens with one attached hydrogen (secondary N) is 3. The van der Waals surface area contributed by atoms with Crippen molar-refractivity contribution in [2.75, 3.05) is 44.7 Å². The monoisotopic (exact) mass is 670 g/mol. The minimum absolute atomic E-state index is 0.00449. The van der Waals surface area contributed by atoms with Gasteiger partial charge in [-0.2, -0.15) is 5.26 Å². The van der Waals surface area contributed by atoms with Gasteiger partial charge in [-0.15, -0.1) is 0 Å². The van der Waals surface area contributed by atoms with Crippen LogP contribution < -0.4 is 21.7 Å². The summed E-state index contributed by atoms with van der Waals surface area (Å²) in [4.78, 5) is 30.6. The summed E-state index contributed by atoms with van der Waals surface area (Å²) < 4.78 is 7.24. The first-order valence-electron chi connectivity index (χ1n) is 16.0. The molecule has 0 radical (unpaired) electrons. The number of piperazine rings is 1. The van der Waals surface area contributed by atoms with Crippen molar-refractivity contribution in [3.8, 4) is 6.07 Å². The van der Waals surface area contributed by atoms with E-state index in [0.717, 1.165) is 62.3 Å². The first-order valence-corrected chi connectivity index (χ1v) is 16.4. The zero-order valence-electron chi connectivity index (χ0n) is 27.4. The Bertz CT molecular complexity index is 1670. The van der Waals surface area contributed by atoms with Crippen LogP contribution in [0.15, 0.2) is 85.0 Å². The number of allylic oxidation sites excluding steroid dienone is 4. The molecule has 0 saturated carbocycles. The van der Waals surface area contributed by atoms with Gasteiger partial charge in [0.15, 0.2) is 0 Å². The number of ether oxygens (including phenoxy) is 1. The molecular weight excluding hydrogens is 628 g/mol. The summed E-state index contributed by atoms with van der Waals surface area (Å²) >= 11 is 6.38. The van der Waals surface area contributed by atoms with Crippen LogP contribution in [0.1, 0.15) is 48.2 Å². The normalized spacial score (nSPS) is 15.8. The number of carbonyl (C=O) groups excluding carboxylic acids is 2. The van der Waals surface area contributed by atoms with Crippen LogP contribution in [-0.4, -0.2) is 65.8 Å². The lowest BCUT2D eigenvalue weighted by molar-refractivity contribution is -0.126. The summed E-state index contributed by atoms with van der Waals surface area (Å²) in [6.07, 6.45) is 13.8. The van der Waals surface area contributed by atoms with Crippen molar-refractivity contribution < 1.29 is 14.3 Å². The minimum atomic E-state index is -0.399. The molecule has 0 unspecified atom stereocenters. The number of nitrogens with zero attached hydrogens (tertiary/aromatic N) is 4. The molecule has 2 aromatic carbocycles. The highest BCUT2D eigenvalue weighted by Gasteiger charge is 2.27. The average molecular weight is 671 g/mol. The number of rotatable bonds is 9. The third kappa shape index (κ3) is 10.3. The topological polar surface area (TPSA) is 150 Å². The van der Waals surface area contributed by atoms with E-state index in [1.54, 1.807) is 47.9 Å². The second kappa shape index (κ2) is 18.4. The Morgan fingerprint density at radius 1 is 1.19 bits per heavy atom. The Labute approximate surface area is 287 Å². The van der Waals surface area contributed by atoms with Gasteiger partial charge in [0.2, 0.25) is 5.91 Å². The molecule has 0 spiro atoms. The smallest absolute Gasteiger partial charge is 0.321 e. The van der Waals surface area contributed by atoms with Crippen LogP contribution in [0.2, 0.25) is 5.02 Å². The van der Waals surface area contributed by atoms with Crippen molar-refractivity contribution in [1.82, 2.24) is 25.1 Å². The Morgan fingerprint density at radius 2 is 1.96 bits per heavy atom. The van der Waals surface area contributed by atoms with Gasteiger partial charge in [-0.3, -0.25) is 4.79 Å². The number of hydrogen-bond donors (Lipinski definition) is 4. The molecule has 2 aliphatic rings. The number of imidazole rings is 1. The number of anilines is 1. The summed E-state index contributed by atoms with van der Waals surface area (Å²) in [5, 5.41) is 18.5. The third-order valence-corrected chi connectivity index (χ3v) is 8.17. The van der Waals surface area contributed by atoms with Gasteiger partial charge >= 0.3 is 6.03 Å². The lowest BCUT2D eigenvalue weighted by Crippen LogP contribution is -2.48. The first-order chi connectivity index (χ1) is 23.3. The highest BCUT2D eigenvalue weighted by molar-refractivity contribution is 6.30. The zero-order chi connectivity index (χ0) is 34.3. The second-order valence-electron chi connectivity index (χ2n) is 11.3. The number of halogens is 1. The van der Waals surface area contributed by atoms with E-state index in [-0.39, 0.29) is 18.5 Å². The first kappa shape index (κ1) is 36.0. The lowest BCUT2D eigenvalue weighted by Gasteiger charge is -2.27. The van der Waals surface area contributed by atoms with Crippen LogP contribution in [-0.2, 0) is 23.0 Å². The summed E-state index contributed by atoms with van der Waals surface area (Å²) in [6.45, 7) is 5.47. The maximum absolute atomic E-state index is 12.7. The van der Waals surface area contributed by atoms with Gasteiger partial charge in [0.05, 0.1) is 35.9 Å². The third-order valence-electron chi connectivity index (χ3n) is 7.93. The van der Waals surface area contributed by atoms with Crippen LogP contribution in [0.25, 0.3) is 5.57 Å². The minimum Gasteiger partial charge on any atom is -0.405 e. The quantitative estimate of drug-likeness (QED) is 0.248. The largest absolute Gasteiger partial charge is 0.405 e. The average Bonchev–Trinajstić information content (AvgIpc) is 3.45. The molecule has 5 rings (SSSR count). The molecule has 5 N–H and O–H groups in total. The van der Waals surface area contributed by atoms with E-state index in [2.05, 4.69) is 39.2 Å². The molecule has 48 heavy (non-hydrogen) atoms. The fourth-order valence-corrected chi connectivity index (χ4v) is 5.59. The molecule has 1 aliphatic carbocycles. The van der Waals surface area contributed by atoms with Crippen LogP contribution in [0, 0.1) is 11.3 Å². The van der Waals surface area contributed by atoms with Gasteiger partial charge in [0.25, 0.3) is 0 Å². The molecule has 252 valence electrons. The van der Waals surface area contributed by atoms with Crippen LogP contribution in [0.5, 0.6) is 0 Å². The van der Waals surface area contributed by atoms with Crippen LogP contribution >= 0.6 is 11.6 Å². The summed E-state index contributed by atoms with van der Waals surface area (Å²) in [7, 11) is 1.92. The fraction of sp³-hybridized carbons (Fsp3) is 0.333. The van der Waals surface area contributed by atoms with Crippen LogP contribution in [0.4, 0.5) is 10.5 Å². The molecule has 2 heterocycles. The van der Waals surface area contributed by atoms with E-state index in [1.807, 2.05) is 42.8 Å². The standard InChI is InChI=1S/C24H29ClN4O2.C12H14N4O/c1-3-31-15-23(30)28-24(22-14-27-16-29(22)2)21-12-17(6-4-5-11-26)7-8-18-9-10-19(25)13-20(18)21;13-9-10-1-3-11(4-2-10)15-12(17)16-7-5-14-6-8-16/h5-6,9-14,16,24H,3-4,7-8,15,26H2,1-2H3,(H,28,30);1-4,14H,5-8H2,(H,15,17)/b11-5-,17-6+;/t24-;/m1./s1. The van der Waals surface area contributed by atoms with Gasteiger partial charge in [-0.25, -0.2) is 9.78 Å². The molecule has 3 aromatic rings. The Balaban J connectivity index is 0.000000257. The van der Waals surface area contributed by atoms with E-state index in [4.69, 9.17) is 27.3 Å². The van der Waals surface area contributed by atoms with Gasteiger partial charge in [0, 0.05) is 50.5 Å². The number of nitrogens with two attached hydrogens (primary N) is 1. The Morgan fingerprint density at radius 3 is 2.62 bits per heavy atom. The predicted molar refractivity (Wildman–Crippen MR) is 189 cm³/mol. The van der Waals surface area contributed by atoms with Crippen molar-refractivity contribution in [2.45, 2.75) is 32.2 Å². The van der Waals surface area contributed by atoms with E-state index >= 15 is 0 Å². The molecule has 1 atom stereocenters. The number of benzene rings is 2. The molecule has 12 heteroatoms. The van der Waals surface area contributed by atoms with Gasteiger partial charge in [-0.1, -0.05) is 41.5 Å². The van der Waals surface area contributed by atoms with E-state index in [0.29, 0.717) is 22.9 Å². The van der Waals surface area contributed by atoms with Gasteiger partial charge in [0.1, 0.15) is 6.61 Å². The van der Waals surface area contributed by atoms with Crippen molar-refractivity contribution in [3.63, 3.8) is 0 Å². The van der Waals surface area contributed by atoms with Crippen molar-refractivity contribution >= 4 is 34.8 Å². The fourth-order valence-electron chi connectivity index (χ4n) is 5.41. The number of urea groups is 1. The Hall–Kier alpha value is -4.89. The highest BCUT2D eigenvalue weighted by Crippen LogP contribution is 2.38. The number of aromatic nitrogens is 2. The SMILES string of the molecule is CCOCC(=O)N[C@H](C1=C/C(=C/C/C=C\N)CCc2ccc(Cl)cc21)c1cncn1C.N#Cc1ccc(NC(=O)N2CCNCC2)cc1. The molecule has 1 fully saturated rings. The number of carbonyl (C=O) groups is 2. The van der Waals surface area contributed by atoms with Crippen LogP contribution in [0.3, 0.4) is 0 Å². The number of amides is 3. The maximum atomic E-state index is 12.7. The second-order valence-corrected chi connectivity index (χ2v) is 11.7. The number of hydrogen-bond acceptors (Lipinski definition) is 7. The molecule has 1 aromatic heterocycles. The van der Waals surface area contributed by atoms with E-state index in [1.165, 1.54) is 11.1 Å². The summed E-state index contributed by atoms with van der Waals surface area (Å²) in [5.41, 5.74) is 12.1. The maximum Gasteiger partial charge on any atom is 0.321 e. The predicted octanol–water partition coefficient (Wildman–Crippen LogP) is 5.08. The van der Waals surface area contributed by atoms with Gasteiger partial charge < -0.3 is 35.9 Å². The number of fused-ring (bicyclic) bond motifs is 1. The molecule has 0 bridgehead atoms. The van der Waals surface area contributed by atoms with Crippen molar-refractivity contribution in [3.05, 3.63) is 112 Å².